The molecule has 1 saturated heterocycles. The molecule has 2 unspecified atom stereocenters. The zero-order chi connectivity index (χ0) is 15.6. The predicted octanol–water partition coefficient (Wildman–Crippen LogP) is 1.70. The lowest BCUT2D eigenvalue weighted by molar-refractivity contribution is 0.178. The van der Waals surface area contributed by atoms with E-state index in [0.29, 0.717) is 16.1 Å². The van der Waals surface area contributed by atoms with Crippen LogP contribution >= 0.6 is 15.9 Å². The number of rotatable bonds is 4. The Hall–Kier alpha value is -0.470. The van der Waals surface area contributed by atoms with Gasteiger partial charge in [0.05, 0.1) is 11.5 Å². The van der Waals surface area contributed by atoms with Crippen LogP contribution < -0.4 is 4.72 Å². The number of halogens is 1. The van der Waals surface area contributed by atoms with E-state index in [4.69, 9.17) is 5.11 Å². The Bertz CT molecular complexity index is 606. The summed E-state index contributed by atoms with van der Waals surface area (Å²) in [6.45, 7) is 2.80. The molecule has 21 heavy (non-hydrogen) atoms. The number of nitrogens with zero attached hydrogens (tertiary/aromatic N) is 1. The van der Waals surface area contributed by atoms with Crippen molar-refractivity contribution in [2.24, 2.45) is 0 Å². The molecule has 0 bridgehead atoms. The second kappa shape index (κ2) is 6.75. The summed E-state index contributed by atoms with van der Waals surface area (Å²) >= 11 is 3.27. The van der Waals surface area contributed by atoms with Gasteiger partial charge in [0.1, 0.15) is 0 Å². The number of benzene rings is 1. The van der Waals surface area contributed by atoms with E-state index in [2.05, 4.69) is 39.5 Å². The van der Waals surface area contributed by atoms with E-state index < -0.39 is 10.0 Å². The van der Waals surface area contributed by atoms with Crippen LogP contribution in [0, 0.1) is 0 Å². The lowest BCUT2D eigenvalue weighted by Crippen LogP contribution is -2.47. The van der Waals surface area contributed by atoms with E-state index in [0.717, 1.165) is 19.4 Å². The van der Waals surface area contributed by atoms with E-state index in [1.54, 1.807) is 12.1 Å². The summed E-state index contributed by atoms with van der Waals surface area (Å²) in [5.74, 6) is 0. The van der Waals surface area contributed by atoms with Crippen molar-refractivity contribution in [2.45, 2.75) is 43.4 Å². The summed E-state index contributed by atoms with van der Waals surface area (Å²) in [6.07, 6.45) is 1.60. The van der Waals surface area contributed by atoms with Crippen molar-refractivity contribution in [3.63, 3.8) is 0 Å². The predicted molar refractivity (Wildman–Crippen MR) is 85.5 cm³/mol. The monoisotopic (exact) mass is 376 g/mol. The number of aliphatic hydroxyl groups excluding tert-OH is 1. The van der Waals surface area contributed by atoms with Crippen molar-refractivity contribution in [1.82, 2.24) is 9.62 Å². The smallest absolute Gasteiger partial charge is 0.241 e. The van der Waals surface area contributed by atoms with E-state index in [9.17, 15) is 8.42 Å². The summed E-state index contributed by atoms with van der Waals surface area (Å²) < 4.78 is 28.4. The second-order valence-electron chi connectivity index (χ2n) is 5.60. The molecule has 7 heteroatoms. The van der Waals surface area contributed by atoms with Crippen molar-refractivity contribution in [2.75, 3.05) is 13.6 Å². The summed E-state index contributed by atoms with van der Waals surface area (Å²) in [6, 6.07) is 5.16. The fourth-order valence-electron chi connectivity index (χ4n) is 2.53. The maximum atomic E-state index is 12.5. The van der Waals surface area contributed by atoms with Gasteiger partial charge in [0.15, 0.2) is 0 Å². The Morgan fingerprint density at radius 3 is 2.81 bits per heavy atom. The first kappa shape index (κ1) is 16.9. The van der Waals surface area contributed by atoms with Crippen molar-refractivity contribution in [3.05, 3.63) is 28.2 Å². The van der Waals surface area contributed by atoms with Crippen LogP contribution in [0.2, 0.25) is 0 Å². The molecule has 5 nitrogen and oxygen atoms in total. The van der Waals surface area contributed by atoms with Gasteiger partial charge < -0.3 is 10.0 Å². The molecule has 0 aliphatic carbocycles. The van der Waals surface area contributed by atoms with Gasteiger partial charge in [-0.3, -0.25) is 0 Å². The first-order valence-corrected chi connectivity index (χ1v) is 9.23. The molecule has 2 N–H and O–H groups in total. The van der Waals surface area contributed by atoms with Gasteiger partial charge in [0.2, 0.25) is 10.0 Å². The normalized spacial score (nSPS) is 24.2. The van der Waals surface area contributed by atoms with Crippen LogP contribution in [0.3, 0.4) is 0 Å². The third-order valence-electron chi connectivity index (χ3n) is 4.00. The number of piperidine rings is 1. The van der Waals surface area contributed by atoms with Gasteiger partial charge in [-0.1, -0.05) is 6.07 Å². The Morgan fingerprint density at radius 1 is 1.48 bits per heavy atom. The van der Waals surface area contributed by atoms with Gasteiger partial charge in [0, 0.05) is 16.6 Å². The maximum absolute atomic E-state index is 12.5. The molecule has 0 radical (unpaired) electrons. The third-order valence-corrected chi connectivity index (χ3v) is 6.51. The van der Waals surface area contributed by atoms with Crippen LogP contribution in [0.5, 0.6) is 0 Å². The summed E-state index contributed by atoms with van der Waals surface area (Å²) in [5.41, 5.74) is 0.579. The fourth-order valence-corrected chi connectivity index (χ4v) is 4.83. The number of sulfonamides is 1. The minimum Gasteiger partial charge on any atom is -0.392 e. The van der Waals surface area contributed by atoms with E-state index in [1.807, 2.05) is 0 Å². The fraction of sp³-hybridized carbons (Fsp3) is 0.571. The molecule has 1 aromatic rings. The maximum Gasteiger partial charge on any atom is 0.241 e. The van der Waals surface area contributed by atoms with E-state index in [-0.39, 0.29) is 17.5 Å². The number of likely N-dealkylation sites (tertiary alicyclic amines) is 1. The van der Waals surface area contributed by atoms with Crippen molar-refractivity contribution < 1.29 is 13.5 Å². The number of nitrogens with one attached hydrogen (secondary N) is 1. The molecular formula is C14H21BrN2O3S. The van der Waals surface area contributed by atoms with E-state index >= 15 is 0 Å². The number of hydrogen-bond acceptors (Lipinski definition) is 4. The highest BCUT2D eigenvalue weighted by Gasteiger charge is 2.28. The topological polar surface area (TPSA) is 69.6 Å². The zero-order valence-corrected chi connectivity index (χ0v) is 14.6. The summed E-state index contributed by atoms with van der Waals surface area (Å²) in [4.78, 5) is 2.41. The van der Waals surface area contributed by atoms with Gasteiger partial charge >= 0.3 is 0 Å². The van der Waals surface area contributed by atoms with Crippen LogP contribution in [-0.4, -0.2) is 44.1 Å². The van der Waals surface area contributed by atoms with Crippen LogP contribution in [0.15, 0.2) is 27.6 Å². The van der Waals surface area contributed by atoms with Gasteiger partial charge in [-0.2, -0.15) is 0 Å². The zero-order valence-electron chi connectivity index (χ0n) is 12.2. The largest absolute Gasteiger partial charge is 0.392 e. The van der Waals surface area contributed by atoms with Crippen LogP contribution in [-0.2, 0) is 16.6 Å². The molecule has 0 aromatic heterocycles. The van der Waals surface area contributed by atoms with Gasteiger partial charge in [-0.05, 0) is 67.0 Å². The number of hydrogen-bond donors (Lipinski definition) is 2. The third kappa shape index (κ3) is 4.04. The average molecular weight is 377 g/mol. The summed E-state index contributed by atoms with van der Waals surface area (Å²) in [5, 5.41) is 9.17. The van der Waals surface area contributed by atoms with Crippen LogP contribution in [0.1, 0.15) is 25.3 Å². The summed E-state index contributed by atoms with van der Waals surface area (Å²) in [7, 11) is -1.54. The standard InChI is InChI=1S/C14H21BrN2O3S/c1-10-7-12(5-6-17(10)2)16-21(19,20)14-8-11(9-18)3-4-13(14)15/h3-4,8,10,12,16,18H,5-7,9H2,1-2H3. The molecule has 0 saturated carbocycles. The molecule has 118 valence electrons. The lowest BCUT2D eigenvalue weighted by atomic mass is 10.0. The molecule has 1 aromatic carbocycles. The Kier molecular flexibility index (Phi) is 5.43. The van der Waals surface area contributed by atoms with Crippen molar-refractivity contribution >= 4 is 26.0 Å². The highest BCUT2D eigenvalue weighted by molar-refractivity contribution is 9.10. The second-order valence-corrected chi connectivity index (χ2v) is 8.13. The minimum atomic E-state index is -3.59. The lowest BCUT2D eigenvalue weighted by Gasteiger charge is -2.35. The molecule has 1 fully saturated rings. The van der Waals surface area contributed by atoms with Crippen LogP contribution in [0.4, 0.5) is 0 Å². The molecule has 1 aliphatic rings. The van der Waals surface area contributed by atoms with Gasteiger partial charge in [0.25, 0.3) is 0 Å². The highest BCUT2D eigenvalue weighted by Crippen LogP contribution is 2.25. The molecular weight excluding hydrogens is 356 g/mol. The average Bonchev–Trinajstić information content (AvgIpc) is 2.43. The quantitative estimate of drug-likeness (QED) is 0.838. The molecule has 0 amide bonds. The van der Waals surface area contributed by atoms with Crippen molar-refractivity contribution in [1.29, 1.82) is 0 Å². The molecule has 1 heterocycles. The van der Waals surface area contributed by atoms with Crippen molar-refractivity contribution in [3.8, 4) is 0 Å². The molecule has 2 rings (SSSR count). The molecule has 0 spiro atoms. The first-order chi connectivity index (χ1) is 9.83. The van der Waals surface area contributed by atoms with Crippen LogP contribution in [0.25, 0.3) is 0 Å². The first-order valence-electron chi connectivity index (χ1n) is 6.95. The van der Waals surface area contributed by atoms with Gasteiger partial charge in [-0.15, -0.1) is 0 Å². The number of aliphatic hydroxyl groups is 1. The Morgan fingerprint density at radius 2 is 2.19 bits per heavy atom. The van der Waals surface area contributed by atoms with Gasteiger partial charge in [-0.25, -0.2) is 13.1 Å². The molecule has 1 aliphatic heterocycles. The Balaban J connectivity index is 2.19. The minimum absolute atomic E-state index is 0.0501. The highest BCUT2D eigenvalue weighted by atomic mass is 79.9. The van der Waals surface area contributed by atoms with E-state index in [1.165, 1.54) is 6.07 Å². The molecule has 2 atom stereocenters. The Labute approximate surface area is 134 Å². The SMILES string of the molecule is CC1CC(NS(=O)(=O)c2cc(CO)ccc2Br)CCN1C.